The van der Waals surface area contributed by atoms with Gasteiger partial charge in [-0.15, -0.1) is 0 Å². The van der Waals surface area contributed by atoms with Gasteiger partial charge in [0.25, 0.3) is 5.91 Å². The van der Waals surface area contributed by atoms with Crippen molar-refractivity contribution in [1.82, 2.24) is 9.80 Å². The molecular formula is C20H29FN2O3. The van der Waals surface area contributed by atoms with E-state index in [9.17, 15) is 9.18 Å². The van der Waals surface area contributed by atoms with E-state index in [-0.39, 0.29) is 17.8 Å². The van der Waals surface area contributed by atoms with Crippen molar-refractivity contribution in [3.63, 3.8) is 0 Å². The highest BCUT2D eigenvalue weighted by atomic mass is 19.1. The molecule has 0 saturated carbocycles. The zero-order valence-electron chi connectivity index (χ0n) is 16.0. The van der Waals surface area contributed by atoms with Gasteiger partial charge in [-0.3, -0.25) is 9.69 Å². The summed E-state index contributed by atoms with van der Waals surface area (Å²) in [6.45, 7) is 7.20. The first-order chi connectivity index (χ1) is 12.4. The summed E-state index contributed by atoms with van der Waals surface area (Å²) in [4.78, 5) is 17.4. The fourth-order valence-corrected chi connectivity index (χ4v) is 4.04. The van der Waals surface area contributed by atoms with E-state index in [1.807, 2.05) is 4.90 Å². The summed E-state index contributed by atoms with van der Waals surface area (Å²) < 4.78 is 25.1. The number of rotatable bonds is 4. The number of halogens is 1. The predicted molar refractivity (Wildman–Crippen MR) is 97.6 cm³/mol. The Hall–Kier alpha value is -1.66. The minimum absolute atomic E-state index is 0.0981. The molecule has 0 aromatic heterocycles. The highest BCUT2D eigenvalue weighted by molar-refractivity contribution is 5.86. The van der Waals surface area contributed by atoms with Gasteiger partial charge in [-0.1, -0.05) is 0 Å². The van der Waals surface area contributed by atoms with Crippen LogP contribution >= 0.6 is 0 Å². The SMILES string of the molecule is COc1ccc(F)cc1CN1CCOC2(CCCCN(C(C)C)C2=O)C1. The lowest BCUT2D eigenvalue weighted by Crippen LogP contribution is -2.60. The van der Waals surface area contributed by atoms with E-state index in [0.29, 0.717) is 25.4 Å². The van der Waals surface area contributed by atoms with E-state index in [1.54, 1.807) is 13.2 Å². The zero-order chi connectivity index (χ0) is 18.7. The molecule has 0 radical (unpaired) electrons. The number of morpholine rings is 1. The van der Waals surface area contributed by atoms with Crippen LogP contribution in [-0.2, 0) is 16.1 Å². The molecule has 2 fully saturated rings. The molecule has 1 spiro atoms. The number of hydrogen-bond acceptors (Lipinski definition) is 4. The molecule has 6 heteroatoms. The van der Waals surface area contributed by atoms with Crippen LogP contribution in [0, 0.1) is 5.82 Å². The molecule has 2 aliphatic heterocycles. The summed E-state index contributed by atoms with van der Waals surface area (Å²) >= 11 is 0. The quantitative estimate of drug-likeness (QED) is 0.824. The van der Waals surface area contributed by atoms with Crippen LogP contribution in [0.3, 0.4) is 0 Å². The summed E-state index contributed by atoms with van der Waals surface area (Å²) in [5.74, 6) is 0.490. The van der Waals surface area contributed by atoms with Gasteiger partial charge in [0.1, 0.15) is 11.6 Å². The highest BCUT2D eigenvalue weighted by Crippen LogP contribution is 2.32. The van der Waals surface area contributed by atoms with Crippen LogP contribution < -0.4 is 4.74 Å². The topological polar surface area (TPSA) is 42.0 Å². The maximum Gasteiger partial charge on any atom is 0.256 e. The molecule has 0 N–H and O–H groups in total. The first kappa shape index (κ1) is 19.1. The standard InChI is InChI=1S/C20H29FN2O3/c1-15(2)23-9-5-4-8-20(19(23)24)14-22(10-11-26-20)13-16-12-17(21)6-7-18(16)25-3/h6-7,12,15H,4-5,8-11,13-14H2,1-3H3. The first-order valence-electron chi connectivity index (χ1n) is 9.45. The molecule has 5 nitrogen and oxygen atoms in total. The maximum atomic E-state index is 13.7. The lowest BCUT2D eigenvalue weighted by Gasteiger charge is -2.43. The molecule has 1 aromatic rings. The number of ether oxygens (including phenoxy) is 2. The van der Waals surface area contributed by atoms with Gasteiger partial charge in [-0.2, -0.15) is 0 Å². The molecule has 2 saturated heterocycles. The molecular weight excluding hydrogens is 335 g/mol. The Balaban J connectivity index is 1.80. The molecule has 144 valence electrons. The third-order valence-electron chi connectivity index (χ3n) is 5.40. The van der Waals surface area contributed by atoms with Crippen LogP contribution in [0.4, 0.5) is 4.39 Å². The van der Waals surface area contributed by atoms with Gasteiger partial charge < -0.3 is 14.4 Å². The van der Waals surface area contributed by atoms with Gasteiger partial charge in [0.05, 0.1) is 13.7 Å². The summed E-state index contributed by atoms with van der Waals surface area (Å²) in [7, 11) is 1.59. The molecule has 0 bridgehead atoms. The molecule has 1 aromatic carbocycles. The van der Waals surface area contributed by atoms with E-state index >= 15 is 0 Å². The second-order valence-corrected chi connectivity index (χ2v) is 7.56. The molecule has 2 heterocycles. The van der Waals surface area contributed by atoms with Crippen LogP contribution in [0.2, 0.25) is 0 Å². The second kappa shape index (κ2) is 7.92. The molecule has 0 aliphatic carbocycles. The third kappa shape index (κ3) is 3.86. The van der Waals surface area contributed by atoms with E-state index < -0.39 is 5.60 Å². The van der Waals surface area contributed by atoms with Crippen molar-refractivity contribution >= 4 is 5.91 Å². The molecule has 2 aliphatic rings. The lowest BCUT2D eigenvalue weighted by molar-refractivity contribution is -0.172. The first-order valence-corrected chi connectivity index (χ1v) is 9.45. The lowest BCUT2D eigenvalue weighted by atomic mass is 9.93. The number of benzene rings is 1. The number of carbonyl (C=O) groups is 1. The fourth-order valence-electron chi connectivity index (χ4n) is 4.04. The van der Waals surface area contributed by atoms with Gasteiger partial charge in [0.2, 0.25) is 0 Å². The Bertz CT molecular complexity index is 652. The Kier molecular flexibility index (Phi) is 5.82. The zero-order valence-corrected chi connectivity index (χ0v) is 16.0. The summed E-state index contributed by atoms with van der Waals surface area (Å²) in [5, 5.41) is 0. The van der Waals surface area contributed by atoms with Crippen molar-refractivity contribution < 1.29 is 18.7 Å². The Morgan fingerprint density at radius 3 is 2.85 bits per heavy atom. The van der Waals surface area contributed by atoms with Crippen LogP contribution in [0.1, 0.15) is 38.7 Å². The number of nitrogens with zero attached hydrogens (tertiary/aromatic N) is 2. The van der Waals surface area contributed by atoms with Crippen LogP contribution in [-0.4, -0.2) is 60.7 Å². The van der Waals surface area contributed by atoms with E-state index in [4.69, 9.17) is 9.47 Å². The highest BCUT2D eigenvalue weighted by Gasteiger charge is 2.47. The van der Waals surface area contributed by atoms with Crippen molar-refractivity contribution in [3.05, 3.63) is 29.6 Å². The van der Waals surface area contributed by atoms with E-state index in [2.05, 4.69) is 18.7 Å². The van der Waals surface area contributed by atoms with Crippen molar-refractivity contribution in [2.45, 2.75) is 51.3 Å². The van der Waals surface area contributed by atoms with Crippen molar-refractivity contribution in [2.75, 3.05) is 33.4 Å². The molecule has 26 heavy (non-hydrogen) atoms. The number of amides is 1. The van der Waals surface area contributed by atoms with Gasteiger partial charge >= 0.3 is 0 Å². The monoisotopic (exact) mass is 364 g/mol. The Labute approximate surface area is 155 Å². The normalized spacial score (nSPS) is 25.0. The van der Waals surface area contributed by atoms with E-state index in [1.165, 1.54) is 12.1 Å². The maximum absolute atomic E-state index is 13.7. The summed E-state index contributed by atoms with van der Waals surface area (Å²) in [6.07, 6.45) is 2.73. The Morgan fingerprint density at radius 2 is 2.12 bits per heavy atom. The average Bonchev–Trinajstić information content (AvgIpc) is 2.75. The van der Waals surface area contributed by atoms with E-state index in [0.717, 1.165) is 37.9 Å². The summed E-state index contributed by atoms with van der Waals surface area (Å²) in [6, 6.07) is 4.73. The summed E-state index contributed by atoms with van der Waals surface area (Å²) in [5.41, 5.74) is 0.0193. The fraction of sp³-hybridized carbons (Fsp3) is 0.650. The number of carbonyl (C=O) groups excluding carboxylic acids is 1. The predicted octanol–water partition coefficient (Wildman–Crippen LogP) is 2.83. The van der Waals surface area contributed by atoms with Crippen molar-refractivity contribution in [1.29, 1.82) is 0 Å². The van der Waals surface area contributed by atoms with Crippen molar-refractivity contribution in [2.24, 2.45) is 0 Å². The van der Waals surface area contributed by atoms with Gasteiger partial charge in [-0.05, 0) is 51.3 Å². The minimum atomic E-state index is -0.778. The molecule has 1 amide bonds. The van der Waals surface area contributed by atoms with Gasteiger partial charge in [0.15, 0.2) is 5.60 Å². The largest absolute Gasteiger partial charge is 0.496 e. The second-order valence-electron chi connectivity index (χ2n) is 7.56. The number of hydrogen-bond donors (Lipinski definition) is 0. The third-order valence-corrected chi connectivity index (χ3v) is 5.40. The van der Waals surface area contributed by atoms with Crippen LogP contribution in [0.5, 0.6) is 5.75 Å². The van der Waals surface area contributed by atoms with Gasteiger partial charge in [0, 0.05) is 37.8 Å². The molecule has 1 atom stereocenters. The van der Waals surface area contributed by atoms with Crippen LogP contribution in [0.25, 0.3) is 0 Å². The average molecular weight is 364 g/mol. The minimum Gasteiger partial charge on any atom is -0.496 e. The smallest absolute Gasteiger partial charge is 0.256 e. The number of likely N-dealkylation sites (tertiary alicyclic amines) is 1. The van der Waals surface area contributed by atoms with Gasteiger partial charge in [-0.25, -0.2) is 4.39 Å². The molecule has 1 unspecified atom stereocenters. The Morgan fingerprint density at radius 1 is 1.31 bits per heavy atom. The molecule has 3 rings (SSSR count). The number of methoxy groups -OCH3 is 1. The van der Waals surface area contributed by atoms with Crippen LogP contribution in [0.15, 0.2) is 18.2 Å². The van der Waals surface area contributed by atoms with Crippen molar-refractivity contribution in [3.8, 4) is 5.75 Å².